The van der Waals surface area contributed by atoms with Crippen LogP contribution in [0.3, 0.4) is 0 Å². The molecule has 1 aromatic heterocycles. The molecule has 5 nitrogen and oxygen atoms in total. The Labute approximate surface area is 148 Å². The summed E-state index contributed by atoms with van der Waals surface area (Å²) in [5.74, 6) is -3.63. The Hall–Kier alpha value is -2.09. The largest absolute Gasteiger partial charge is 0.433 e. The second-order valence-corrected chi connectivity index (χ2v) is 7.65. The van der Waals surface area contributed by atoms with Crippen molar-refractivity contribution in [3.8, 4) is 0 Å². The third-order valence-corrected chi connectivity index (χ3v) is 5.03. The summed E-state index contributed by atoms with van der Waals surface area (Å²) in [5.41, 5.74) is -4.38. The Balaban J connectivity index is 2.52. The van der Waals surface area contributed by atoms with E-state index in [1.807, 2.05) is 0 Å². The standard InChI is InChI=1S/C18H20F3NO4/c1-8-9(6-7-10(22-8)18(19,20)21)12(23)11-13(24)16(2,3)15(26)17(4,5)14(11)25/h6-7,11,13,24H,1-5H3. The summed E-state index contributed by atoms with van der Waals surface area (Å²) in [6.07, 6.45) is -6.24. The molecule has 0 spiro atoms. The van der Waals surface area contributed by atoms with Gasteiger partial charge in [0.15, 0.2) is 17.3 Å². The zero-order chi connectivity index (χ0) is 20.2. The van der Waals surface area contributed by atoms with Gasteiger partial charge in [0.05, 0.1) is 16.9 Å². The van der Waals surface area contributed by atoms with E-state index in [0.717, 1.165) is 6.07 Å². The van der Waals surface area contributed by atoms with E-state index in [1.165, 1.54) is 34.6 Å². The van der Waals surface area contributed by atoms with Crippen molar-refractivity contribution in [1.29, 1.82) is 0 Å². The number of aryl methyl sites for hydroxylation is 1. The molecule has 1 N–H and O–H groups in total. The molecule has 2 unspecified atom stereocenters. The van der Waals surface area contributed by atoms with Crippen molar-refractivity contribution in [2.75, 3.05) is 0 Å². The van der Waals surface area contributed by atoms with E-state index in [4.69, 9.17) is 0 Å². The van der Waals surface area contributed by atoms with Gasteiger partial charge in [-0.15, -0.1) is 0 Å². The fourth-order valence-electron chi connectivity index (χ4n) is 3.41. The molecule has 142 valence electrons. The molecular formula is C18H20F3NO4. The number of carbonyl (C=O) groups is 3. The van der Waals surface area contributed by atoms with Gasteiger partial charge in [-0.3, -0.25) is 14.4 Å². The third-order valence-electron chi connectivity index (χ3n) is 5.03. The molecule has 1 saturated carbocycles. The SMILES string of the molecule is Cc1nc(C(F)(F)F)ccc1C(=O)C1C(=O)C(C)(C)C(=O)C(C)(C)C1O. The highest BCUT2D eigenvalue weighted by Gasteiger charge is 2.59. The topological polar surface area (TPSA) is 84.3 Å². The van der Waals surface area contributed by atoms with Crippen molar-refractivity contribution in [3.05, 3.63) is 29.1 Å². The molecular weight excluding hydrogens is 351 g/mol. The molecule has 0 aromatic carbocycles. The second kappa shape index (κ2) is 5.97. The van der Waals surface area contributed by atoms with Crippen molar-refractivity contribution in [1.82, 2.24) is 4.98 Å². The van der Waals surface area contributed by atoms with Crippen LogP contribution in [0.4, 0.5) is 13.2 Å². The highest BCUT2D eigenvalue weighted by Crippen LogP contribution is 2.44. The summed E-state index contributed by atoms with van der Waals surface area (Å²) in [5, 5.41) is 10.5. The van der Waals surface area contributed by atoms with Gasteiger partial charge in [-0.05, 0) is 32.9 Å². The summed E-state index contributed by atoms with van der Waals surface area (Å²) >= 11 is 0. The molecule has 0 amide bonds. The Bertz CT molecular complexity index is 796. The summed E-state index contributed by atoms with van der Waals surface area (Å²) in [4.78, 5) is 41.5. The van der Waals surface area contributed by atoms with E-state index in [0.29, 0.717) is 6.07 Å². The van der Waals surface area contributed by atoms with Crippen LogP contribution in [0.5, 0.6) is 0 Å². The fraction of sp³-hybridized carbons (Fsp3) is 0.556. The fourth-order valence-corrected chi connectivity index (χ4v) is 3.41. The maximum absolute atomic E-state index is 12.9. The number of nitrogens with zero attached hydrogens (tertiary/aromatic N) is 1. The number of aromatic nitrogens is 1. The van der Waals surface area contributed by atoms with E-state index in [2.05, 4.69) is 4.98 Å². The molecule has 0 radical (unpaired) electrons. The van der Waals surface area contributed by atoms with Gasteiger partial charge in [0, 0.05) is 11.3 Å². The zero-order valence-corrected chi connectivity index (χ0v) is 15.1. The first-order valence-corrected chi connectivity index (χ1v) is 7.99. The van der Waals surface area contributed by atoms with Crippen molar-refractivity contribution < 1.29 is 32.7 Å². The summed E-state index contributed by atoms with van der Waals surface area (Å²) in [6, 6.07) is 1.60. The molecule has 1 heterocycles. The molecule has 0 saturated heterocycles. The highest BCUT2D eigenvalue weighted by atomic mass is 19.4. The van der Waals surface area contributed by atoms with Gasteiger partial charge in [0.25, 0.3) is 0 Å². The number of pyridine rings is 1. The van der Waals surface area contributed by atoms with Crippen LogP contribution in [-0.4, -0.2) is 33.5 Å². The quantitative estimate of drug-likeness (QED) is 0.638. The van der Waals surface area contributed by atoms with Crippen LogP contribution in [0.1, 0.15) is 49.4 Å². The van der Waals surface area contributed by atoms with Crippen molar-refractivity contribution >= 4 is 17.3 Å². The third kappa shape index (κ3) is 2.96. The van der Waals surface area contributed by atoms with Crippen LogP contribution in [0, 0.1) is 23.7 Å². The first kappa shape index (κ1) is 20.2. The van der Waals surface area contributed by atoms with Gasteiger partial charge in [-0.2, -0.15) is 13.2 Å². The average molecular weight is 371 g/mol. The van der Waals surface area contributed by atoms with Crippen LogP contribution >= 0.6 is 0 Å². The second-order valence-electron chi connectivity index (χ2n) is 7.65. The molecule has 1 aliphatic carbocycles. The molecule has 1 aromatic rings. The number of aliphatic hydroxyl groups is 1. The smallest absolute Gasteiger partial charge is 0.391 e. The number of carbonyl (C=O) groups excluding carboxylic acids is 3. The predicted octanol–water partition coefficient (Wildman–Crippen LogP) is 2.77. The van der Waals surface area contributed by atoms with Gasteiger partial charge in [0.2, 0.25) is 0 Å². The van der Waals surface area contributed by atoms with Crippen molar-refractivity contribution in [2.45, 2.75) is 46.9 Å². The molecule has 0 aliphatic heterocycles. The number of halogens is 3. The summed E-state index contributed by atoms with van der Waals surface area (Å²) in [6.45, 7) is 6.86. The minimum Gasteiger partial charge on any atom is -0.391 e. The molecule has 1 fully saturated rings. The van der Waals surface area contributed by atoms with Crippen LogP contribution in [0.15, 0.2) is 12.1 Å². The number of Topliss-reactive ketones (excluding diaryl/α,β-unsaturated/α-hetero) is 3. The Morgan fingerprint density at radius 3 is 2.15 bits per heavy atom. The van der Waals surface area contributed by atoms with Gasteiger partial charge in [0.1, 0.15) is 11.6 Å². The minimum atomic E-state index is -4.66. The summed E-state index contributed by atoms with van der Waals surface area (Å²) in [7, 11) is 0. The van der Waals surface area contributed by atoms with Crippen molar-refractivity contribution in [2.24, 2.45) is 16.7 Å². The van der Waals surface area contributed by atoms with Crippen LogP contribution in [0.2, 0.25) is 0 Å². The lowest BCUT2D eigenvalue weighted by molar-refractivity contribution is -0.162. The van der Waals surface area contributed by atoms with Crippen LogP contribution < -0.4 is 0 Å². The highest BCUT2D eigenvalue weighted by molar-refractivity contribution is 6.22. The van der Waals surface area contributed by atoms with E-state index >= 15 is 0 Å². The number of aliphatic hydroxyl groups excluding tert-OH is 1. The molecule has 26 heavy (non-hydrogen) atoms. The number of rotatable bonds is 2. The molecule has 1 aliphatic rings. The monoisotopic (exact) mass is 371 g/mol. The van der Waals surface area contributed by atoms with Gasteiger partial charge in [-0.25, -0.2) is 4.98 Å². The lowest BCUT2D eigenvalue weighted by Crippen LogP contribution is -2.61. The van der Waals surface area contributed by atoms with Gasteiger partial charge < -0.3 is 5.11 Å². The van der Waals surface area contributed by atoms with E-state index in [9.17, 15) is 32.7 Å². The summed E-state index contributed by atoms with van der Waals surface area (Å²) < 4.78 is 38.2. The minimum absolute atomic E-state index is 0.184. The molecule has 8 heteroatoms. The first-order chi connectivity index (χ1) is 11.6. The lowest BCUT2D eigenvalue weighted by atomic mass is 9.57. The van der Waals surface area contributed by atoms with Crippen LogP contribution in [-0.2, 0) is 15.8 Å². The van der Waals surface area contributed by atoms with Gasteiger partial charge >= 0.3 is 6.18 Å². The van der Waals surface area contributed by atoms with Crippen molar-refractivity contribution in [3.63, 3.8) is 0 Å². The van der Waals surface area contributed by atoms with E-state index < -0.39 is 52.1 Å². The Morgan fingerprint density at radius 2 is 1.69 bits per heavy atom. The first-order valence-electron chi connectivity index (χ1n) is 7.99. The van der Waals surface area contributed by atoms with Crippen LogP contribution in [0.25, 0.3) is 0 Å². The number of hydrogen-bond donors (Lipinski definition) is 1. The average Bonchev–Trinajstić information content (AvgIpc) is 2.51. The number of alkyl halides is 3. The molecule has 2 atom stereocenters. The Morgan fingerprint density at radius 1 is 1.15 bits per heavy atom. The normalized spacial score (nSPS) is 25.3. The number of ketones is 3. The molecule has 2 rings (SSSR count). The van der Waals surface area contributed by atoms with E-state index in [1.54, 1.807) is 0 Å². The Kier molecular flexibility index (Phi) is 4.65. The maximum Gasteiger partial charge on any atom is 0.433 e. The maximum atomic E-state index is 12.9. The lowest BCUT2D eigenvalue weighted by Gasteiger charge is -2.45. The zero-order valence-electron chi connectivity index (χ0n) is 15.1. The van der Waals surface area contributed by atoms with E-state index in [-0.39, 0.29) is 11.3 Å². The van der Waals surface area contributed by atoms with Gasteiger partial charge in [-0.1, -0.05) is 13.8 Å². The molecule has 0 bridgehead atoms. The number of hydrogen-bond acceptors (Lipinski definition) is 5. The predicted molar refractivity (Wildman–Crippen MR) is 85.4 cm³/mol.